The number of benzene rings is 1. The first-order valence-corrected chi connectivity index (χ1v) is 11.9. The molecule has 2 fully saturated rings. The SMILES string of the molecule is O=C(CN1Cc2c(cccc2N2CC[C@@H](Oc3cncc(OCC4CC4)c3)C2=O)C1=O)NCCO. The highest BCUT2D eigenvalue weighted by Crippen LogP contribution is 2.35. The summed E-state index contributed by atoms with van der Waals surface area (Å²) in [5.41, 5.74) is 1.86. The van der Waals surface area contributed by atoms with Gasteiger partial charge in [0.25, 0.3) is 11.8 Å². The van der Waals surface area contributed by atoms with E-state index in [1.807, 2.05) is 6.07 Å². The van der Waals surface area contributed by atoms with Gasteiger partial charge in [0.05, 0.1) is 25.6 Å². The zero-order valence-electron chi connectivity index (χ0n) is 19.3. The highest BCUT2D eigenvalue weighted by Gasteiger charge is 2.38. The molecule has 10 nitrogen and oxygen atoms in total. The average molecular weight is 481 g/mol. The van der Waals surface area contributed by atoms with Gasteiger partial charge in [0, 0.05) is 48.9 Å². The minimum Gasteiger partial charge on any atom is -0.492 e. The molecular formula is C25H28N4O6. The monoisotopic (exact) mass is 480 g/mol. The van der Waals surface area contributed by atoms with Gasteiger partial charge in [-0.15, -0.1) is 0 Å². The van der Waals surface area contributed by atoms with E-state index in [-0.39, 0.29) is 44.0 Å². The highest BCUT2D eigenvalue weighted by molar-refractivity contribution is 6.05. The number of rotatable bonds is 10. The van der Waals surface area contributed by atoms with Crippen LogP contribution in [0, 0.1) is 5.92 Å². The molecule has 1 aliphatic carbocycles. The molecule has 10 heteroatoms. The number of carbonyl (C=O) groups excluding carboxylic acids is 3. The van der Waals surface area contributed by atoms with Gasteiger partial charge in [0.15, 0.2) is 6.10 Å². The Hall–Kier alpha value is -3.66. The van der Waals surface area contributed by atoms with Crippen molar-refractivity contribution in [1.82, 2.24) is 15.2 Å². The topological polar surface area (TPSA) is 121 Å². The summed E-state index contributed by atoms with van der Waals surface area (Å²) < 4.78 is 11.7. The Morgan fingerprint density at radius 1 is 1.17 bits per heavy atom. The third kappa shape index (κ3) is 5.07. The summed E-state index contributed by atoms with van der Waals surface area (Å²) in [5, 5.41) is 11.4. The second kappa shape index (κ2) is 9.91. The van der Waals surface area contributed by atoms with E-state index in [4.69, 9.17) is 14.6 Å². The van der Waals surface area contributed by atoms with Gasteiger partial charge in [-0.2, -0.15) is 0 Å². The summed E-state index contributed by atoms with van der Waals surface area (Å²) in [6.07, 6.45) is 5.43. The minimum absolute atomic E-state index is 0.112. The fourth-order valence-corrected chi connectivity index (χ4v) is 4.39. The highest BCUT2D eigenvalue weighted by atomic mass is 16.5. The number of amides is 3. The third-order valence-corrected chi connectivity index (χ3v) is 6.38. The largest absolute Gasteiger partial charge is 0.492 e. The number of aliphatic hydroxyl groups is 1. The Kier molecular flexibility index (Phi) is 6.54. The zero-order valence-corrected chi connectivity index (χ0v) is 19.3. The Balaban J connectivity index is 1.25. The fraction of sp³-hybridized carbons (Fsp3) is 0.440. The summed E-state index contributed by atoms with van der Waals surface area (Å²) in [4.78, 5) is 45.4. The number of nitrogens with one attached hydrogen (secondary N) is 1. The van der Waals surface area contributed by atoms with Gasteiger partial charge in [-0.25, -0.2) is 0 Å². The number of anilines is 1. The standard InChI is InChI=1S/C25H28N4O6/c30-9-7-27-23(31)14-28-13-20-19(24(28)32)2-1-3-21(20)29-8-6-22(25(29)33)35-18-10-17(11-26-12-18)34-15-16-4-5-16/h1-3,10-12,16,22,30H,4-9,13-15H2,(H,27,31)/t22-/m1/s1. The molecule has 1 saturated carbocycles. The molecule has 2 N–H and O–H groups in total. The number of hydrogen-bond donors (Lipinski definition) is 2. The Morgan fingerprint density at radius 2 is 2.00 bits per heavy atom. The summed E-state index contributed by atoms with van der Waals surface area (Å²) in [5.74, 6) is 0.939. The minimum atomic E-state index is -0.663. The van der Waals surface area contributed by atoms with Crippen LogP contribution < -0.4 is 19.7 Å². The maximum atomic E-state index is 13.2. The van der Waals surface area contributed by atoms with Crippen LogP contribution in [0.1, 0.15) is 35.2 Å². The first kappa shape index (κ1) is 23.1. The molecule has 3 heterocycles. The molecule has 35 heavy (non-hydrogen) atoms. The average Bonchev–Trinajstić information content (AvgIpc) is 3.56. The molecule has 2 aliphatic heterocycles. The van der Waals surface area contributed by atoms with E-state index >= 15 is 0 Å². The smallest absolute Gasteiger partial charge is 0.268 e. The zero-order chi connectivity index (χ0) is 24.4. The van der Waals surface area contributed by atoms with Crippen LogP contribution in [0.25, 0.3) is 0 Å². The van der Waals surface area contributed by atoms with Crippen LogP contribution in [0.3, 0.4) is 0 Å². The summed E-state index contributed by atoms with van der Waals surface area (Å²) in [6.45, 7) is 1.21. The number of nitrogens with zero attached hydrogens (tertiary/aromatic N) is 3. The predicted octanol–water partition coefficient (Wildman–Crippen LogP) is 1.12. The molecule has 1 aromatic heterocycles. The number of hydrogen-bond acceptors (Lipinski definition) is 7. The van der Waals surface area contributed by atoms with E-state index in [2.05, 4.69) is 10.3 Å². The van der Waals surface area contributed by atoms with Crippen molar-refractivity contribution in [2.24, 2.45) is 5.92 Å². The molecule has 0 unspecified atom stereocenters. The number of ether oxygens (including phenoxy) is 2. The van der Waals surface area contributed by atoms with Crippen molar-refractivity contribution in [3.8, 4) is 11.5 Å². The summed E-state index contributed by atoms with van der Waals surface area (Å²) in [6, 6.07) is 7.02. The Morgan fingerprint density at radius 3 is 2.80 bits per heavy atom. The van der Waals surface area contributed by atoms with Crippen molar-refractivity contribution in [2.45, 2.75) is 31.9 Å². The van der Waals surface area contributed by atoms with Crippen molar-refractivity contribution in [3.63, 3.8) is 0 Å². The van der Waals surface area contributed by atoms with E-state index in [9.17, 15) is 14.4 Å². The van der Waals surface area contributed by atoms with Gasteiger partial charge in [-0.05, 0) is 30.9 Å². The van der Waals surface area contributed by atoms with Crippen molar-refractivity contribution >= 4 is 23.4 Å². The number of fused-ring (bicyclic) bond motifs is 1. The van der Waals surface area contributed by atoms with Gasteiger partial charge in [0.1, 0.15) is 18.0 Å². The van der Waals surface area contributed by atoms with Crippen LogP contribution in [0.4, 0.5) is 5.69 Å². The van der Waals surface area contributed by atoms with Crippen molar-refractivity contribution in [2.75, 3.05) is 37.7 Å². The molecule has 0 bridgehead atoms. The molecule has 3 aliphatic rings. The quantitative estimate of drug-likeness (QED) is 0.523. The van der Waals surface area contributed by atoms with Gasteiger partial charge in [-0.3, -0.25) is 19.4 Å². The molecule has 184 valence electrons. The third-order valence-electron chi connectivity index (χ3n) is 6.38. The van der Waals surface area contributed by atoms with Gasteiger partial charge >= 0.3 is 0 Å². The van der Waals surface area contributed by atoms with Crippen LogP contribution in [-0.2, 0) is 16.1 Å². The van der Waals surface area contributed by atoms with E-state index < -0.39 is 6.10 Å². The van der Waals surface area contributed by atoms with E-state index in [0.29, 0.717) is 48.2 Å². The van der Waals surface area contributed by atoms with E-state index in [1.165, 1.54) is 17.7 Å². The molecule has 0 spiro atoms. The van der Waals surface area contributed by atoms with Gasteiger partial charge in [-0.1, -0.05) is 6.07 Å². The Labute approximate surface area is 202 Å². The van der Waals surface area contributed by atoms with Crippen LogP contribution in [0.2, 0.25) is 0 Å². The van der Waals surface area contributed by atoms with Crippen molar-refractivity contribution in [3.05, 3.63) is 47.8 Å². The van der Waals surface area contributed by atoms with Gasteiger partial charge < -0.3 is 29.7 Å². The number of aromatic nitrogens is 1. The molecule has 2 aromatic rings. The molecule has 0 radical (unpaired) electrons. The molecule has 3 amide bonds. The van der Waals surface area contributed by atoms with E-state index in [0.717, 1.165) is 5.56 Å². The maximum Gasteiger partial charge on any atom is 0.268 e. The molecule has 1 aromatic carbocycles. The first-order valence-electron chi connectivity index (χ1n) is 11.9. The fourth-order valence-electron chi connectivity index (χ4n) is 4.39. The lowest BCUT2D eigenvalue weighted by atomic mass is 10.1. The summed E-state index contributed by atoms with van der Waals surface area (Å²) >= 11 is 0. The van der Waals surface area contributed by atoms with Crippen molar-refractivity contribution < 1.29 is 29.0 Å². The second-order valence-electron chi connectivity index (χ2n) is 9.03. The number of pyridine rings is 1. The molecular weight excluding hydrogens is 452 g/mol. The number of carbonyl (C=O) groups is 3. The Bertz CT molecular complexity index is 1130. The molecule has 1 atom stereocenters. The van der Waals surface area contributed by atoms with E-state index in [1.54, 1.807) is 35.5 Å². The summed E-state index contributed by atoms with van der Waals surface area (Å²) in [7, 11) is 0. The second-order valence-corrected chi connectivity index (χ2v) is 9.03. The number of aliphatic hydroxyl groups excluding tert-OH is 1. The van der Waals surface area contributed by atoms with Gasteiger partial charge in [0.2, 0.25) is 5.91 Å². The molecule has 5 rings (SSSR count). The lowest BCUT2D eigenvalue weighted by Crippen LogP contribution is -2.38. The van der Waals surface area contributed by atoms with Crippen LogP contribution in [0.15, 0.2) is 36.7 Å². The first-order chi connectivity index (χ1) is 17.0. The lowest BCUT2D eigenvalue weighted by Gasteiger charge is -2.20. The molecule has 1 saturated heterocycles. The lowest BCUT2D eigenvalue weighted by molar-refractivity contribution is -0.123. The maximum absolute atomic E-state index is 13.2. The van der Waals surface area contributed by atoms with Crippen molar-refractivity contribution in [1.29, 1.82) is 0 Å². The predicted molar refractivity (Wildman–Crippen MR) is 125 cm³/mol. The van der Waals surface area contributed by atoms with Crippen LogP contribution >= 0.6 is 0 Å². The van der Waals surface area contributed by atoms with Crippen LogP contribution in [0.5, 0.6) is 11.5 Å². The van der Waals surface area contributed by atoms with Crippen LogP contribution in [-0.4, -0.2) is 71.7 Å². The normalized spacial score (nSPS) is 19.2.